The van der Waals surface area contributed by atoms with Gasteiger partial charge in [0.1, 0.15) is 0 Å². The molecule has 0 unspecified atom stereocenters. The second-order valence-corrected chi connectivity index (χ2v) is 7.80. The summed E-state index contributed by atoms with van der Waals surface area (Å²) in [6, 6.07) is 10.7. The highest BCUT2D eigenvalue weighted by Crippen LogP contribution is 2.29. The van der Waals surface area contributed by atoms with Crippen molar-refractivity contribution in [3.63, 3.8) is 0 Å². The standard InChI is InChI=1S/C19H25NO4S/c1-6-20(13-16-8-10-18(23-4)19(12-16)24-5)25(21,22)17-9-7-14(2)15(3)11-17/h7-12H,6,13H2,1-5H3. The van der Waals surface area contributed by atoms with Crippen LogP contribution in [0.3, 0.4) is 0 Å². The zero-order valence-corrected chi connectivity index (χ0v) is 16.2. The van der Waals surface area contributed by atoms with E-state index >= 15 is 0 Å². The minimum atomic E-state index is -3.56. The molecule has 5 nitrogen and oxygen atoms in total. The van der Waals surface area contributed by atoms with Crippen LogP contribution in [0.1, 0.15) is 23.6 Å². The molecule has 0 aromatic heterocycles. The number of methoxy groups -OCH3 is 2. The summed E-state index contributed by atoms with van der Waals surface area (Å²) in [4.78, 5) is 0.318. The summed E-state index contributed by atoms with van der Waals surface area (Å²) in [5.41, 5.74) is 2.87. The Hall–Kier alpha value is -2.05. The van der Waals surface area contributed by atoms with Crippen LogP contribution in [0, 0.1) is 13.8 Å². The first kappa shape index (κ1) is 19.3. The van der Waals surface area contributed by atoms with Gasteiger partial charge in [-0.3, -0.25) is 0 Å². The van der Waals surface area contributed by atoms with Crippen LogP contribution in [0.4, 0.5) is 0 Å². The maximum atomic E-state index is 13.0. The van der Waals surface area contributed by atoms with Crippen molar-refractivity contribution >= 4 is 10.0 Å². The molecule has 2 aromatic rings. The molecule has 0 aliphatic carbocycles. The zero-order valence-electron chi connectivity index (χ0n) is 15.4. The number of rotatable bonds is 7. The van der Waals surface area contributed by atoms with Crippen molar-refractivity contribution in [2.24, 2.45) is 0 Å². The van der Waals surface area contributed by atoms with Crippen molar-refractivity contribution in [2.75, 3.05) is 20.8 Å². The Morgan fingerprint density at radius 3 is 2.16 bits per heavy atom. The molecular formula is C19H25NO4S. The molecule has 0 saturated heterocycles. The molecule has 0 heterocycles. The van der Waals surface area contributed by atoms with E-state index in [1.807, 2.05) is 32.9 Å². The topological polar surface area (TPSA) is 55.8 Å². The van der Waals surface area contributed by atoms with Gasteiger partial charge in [-0.15, -0.1) is 0 Å². The van der Waals surface area contributed by atoms with Gasteiger partial charge in [-0.05, 0) is 54.8 Å². The predicted molar refractivity (Wildman–Crippen MR) is 98.7 cm³/mol. The van der Waals surface area contributed by atoms with Gasteiger partial charge >= 0.3 is 0 Å². The van der Waals surface area contributed by atoms with Crippen LogP contribution in [-0.4, -0.2) is 33.5 Å². The third kappa shape index (κ3) is 4.14. The van der Waals surface area contributed by atoms with Gasteiger partial charge in [-0.2, -0.15) is 4.31 Å². The van der Waals surface area contributed by atoms with Crippen LogP contribution in [0.5, 0.6) is 11.5 Å². The first-order chi connectivity index (χ1) is 11.8. The lowest BCUT2D eigenvalue weighted by atomic mass is 10.1. The van der Waals surface area contributed by atoms with E-state index in [0.717, 1.165) is 16.7 Å². The second-order valence-electron chi connectivity index (χ2n) is 5.87. The van der Waals surface area contributed by atoms with E-state index in [4.69, 9.17) is 9.47 Å². The van der Waals surface area contributed by atoms with Gasteiger partial charge in [-0.25, -0.2) is 8.42 Å². The first-order valence-corrected chi connectivity index (χ1v) is 9.55. The SMILES string of the molecule is CCN(Cc1ccc(OC)c(OC)c1)S(=O)(=O)c1ccc(C)c(C)c1. The lowest BCUT2D eigenvalue weighted by molar-refractivity contribution is 0.353. The van der Waals surface area contributed by atoms with Crippen LogP contribution in [0.15, 0.2) is 41.3 Å². The zero-order chi connectivity index (χ0) is 18.6. The number of nitrogens with zero attached hydrogens (tertiary/aromatic N) is 1. The van der Waals surface area contributed by atoms with Crippen molar-refractivity contribution in [3.05, 3.63) is 53.1 Å². The summed E-state index contributed by atoms with van der Waals surface area (Å²) in [6.45, 7) is 6.36. The fraction of sp³-hybridized carbons (Fsp3) is 0.368. The van der Waals surface area contributed by atoms with Crippen molar-refractivity contribution < 1.29 is 17.9 Å². The average Bonchev–Trinajstić information content (AvgIpc) is 2.61. The smallest absolute Gasteiger partial charge is 0.243 e. The molecule has 136 valence electrons. The molecule has 6 heteroatoms. The van der Waals surface area contributed by atoms with Crippen LogP contribution in [0.2, 0.25) is 0 Å². The lowest BCUT2D eigenvalue weighted by Crippen LogP contribution is -2.30. The van der Waals surface area contributed by atoms with Gasteiger partial charge in [-0.1, -0.05) is 19.1 Å². The number of ether oxygens (including phenoxy) is 2. The molecule has 0 radical (unpaired) electrons. The molecular weight excluding hydrogens is 338 g/mol. The minimum absolute atomic E-state index is 0.270. The number of aryl methyl sites for hydroxylation is 2. The van der Waals surface area contributed by atoms with E-state index in [-0.39, 0.29) is 6.54 Å². The van der Waals surface area contributed by atoms with Gasteiger partial charge in [0.25, 0.3) is 0 Å². The van der Waals surface area contributed by atoms with E-state index in [0.29, 0.717) is 22.9 Å². The fourth-order valence-corrected chi connectivity index (χ4v) is 4.10. The molecule has 25 heavy (non-hydrogen) atoms. The maximum absolute atomic E-state index is 13.0. The summed E-state index contributed by atoms with van der Waals surface area (Å²) in [6.07, 6.45) is 0. The summed E-state index contributed by atoms with van der Waals surface area (Å²) >= 11 is 0. The lowest BCUT2D eigenvalue weighted by Gasteiger charge is -2.21. The molecule has 2 rings (SSSR count). The molecule has 0 bridgehead atoms. The normalized spacial score (nSPS) is 11.6. The van der Waals surface area contributed by atoms with Crippen molar-refractivity contribution in [1.29, 1.82) is 0 Å². The quantitative estimate of drug-likeness (QED) is 0.755. The summed E-state index contributed by atoms with van der Waals surface area (Å²) in [5.74, 6) is 1.20. The molecule has 0 saturated carbocycles. The van der Waals surface area contributed by atoms with Gasteiger partial charge in [0, 0.05) is 13.1 Å². The van der Waals surface area contributed by atoms with Crippen LogP contribution in [0.25, 0.3) is 0 Å². The number of benzene rings is 2. The highest BCUT2D eigenvalue weighted by molar-refractivity contribution is 7.89. The molecule has 0 N–H and O–H groups in total. The highest BCUT2D eigenvalue weighted by Gasteiger charge is 2.24. The molecule has 0 aliphatic rings. The van der Waals surface area contributed by atoms with E-state index in [1.54, 1.807) is 38.5 Å². The molecule has 0 amide bonds. The molecule has 0 atom stereocenters. The first-order valence-electron chi connectivity index (χ1n) is 8.11. The van der Waals surface area contributed by atoms with Gasteiger partial charge in [0.05, 0.1) is 19.1 Å². The van der Waals surface area contributed by atoms with Gasteiger partial charge in [0.15, 0.2) is 11.5 Å². The van der Waals surface area contributed by atoms with Crippen LogP contribution < -0.4 is 9.47 Å². The second kappa shape index (κ2) is 7.89. The Labute approximate surface area is 150 Å². The molecule has 0 spiro atoms. The number of hydrogen-bond donors (Lipinski definition) is 0. The molecule has 2 aromatic carbocycles. The summed E-state index contributed by atoms with van der Waals surface area (Å²) < 4.78 is 37.9. The van der Waals surface area contributed by atoms with E-state index in [9.17, 15) is 8.42 Å². The van der Waals surface area contributed by atoms with E-state index in [2.05, 4.69) is 0 Å². The highest BCUT2D eigenvalue weighted by atomic mass is 32.2. The molecule has 0 aliphatic heterocycles. The average molecular weight is 363 g/mol. The third-order valence-corrected chi connectivity index (χ3v) is 6.19. The predicted octanol–water partition coefficient (Wildman–Crippen LogP) is 3.53. The minimum Gasteiger partial charge on any atom is -0.493 e. The Morgan fingerprint density at radius 1 is 0.920 bits per heavy atom. The third-order valence-electron chi connectivity index (χ3n) is 4.28. The van der Waals surface area contributed by atoms with Crippen LogP contribution >= 0.6 is 0 Å². The van der Waals surface area contributed by atoms with Crippen molar-refractivity contribution in [1.82, 2.24) is 4.31 Å². The Bertz CT molecular complexity index is 846. The monoisotopic (exact) mass is 363 g/mol. The van der Waals surface area contributed by atoms with Gasteiger partial charge in [0.2, 0.25) is 10.0 Å². The molecule has 0 fully saturated rings. The Balaban J connectivity index is 2.34. The number of hydrogen-bond acceptors (Lipinski definition) is 4. The Kier molecular flexibility index (Phi) is 6.08. The Morgan fingerprint density at radius 2 is 1.60 bits per heavy atom. The maximum Gasteiger partial charge on any atom is 0.243 e. The van der Waals surface area contributed by atoms with Crippen LogP contribution in [-0.2, 0) is 16.6 Å². The van der Waals surface area contributed by atoms with Crippen molar-refractivity contribution in [3.8, 4) is 11.5 Å². The fourth-order valence-electron chi connectivity index (χ4n) is 2.57. The van der Waals surface area contributed by atoms with Gasteiger partial charge < -0.3 is 9.47 Å². The largest absolute Gasteiger partial charge is 0.493 e. The summed E-state index contributed by atoms with van der Waals surface area (Å²) in [5, 5.41) is 0. The summed E-state index contributed by atoms with van der Waals surface area (Å²) in [7, 11) is -0.433. The van der Waals surface area contributed by atoms with E-state index in [1.165, 1.54) is 4.31 Å². The number of sulfonamides is 1. The van der Waals surface area contributed by atoms with Crippen molar-refractivity contribution in [2.45, 2.75) is 32.2 Å². The van der Waals surface area contributed by atoms with E-state index < -0.39 is 10.0 Å².